The molecule has 1 amide bonds. The molecule has 152 valence electrons. The standard InChI is InChI=1S/C19H24N2O6S/c1-5-21(6-2)28(24,25)15-8-7-13(3)17(11-15)20-18(22)12-27-19(23)16-9-10-26-14(16)4/h7-11H,5-6,12H2,1-4H3,(H,20,22). The first-order chi connectivity index (χ1) is 13.2. The number of amides is 1. The van der Waals surface area contributed by atoms with Crippen LogP contribution in [0.25, 0.3) is 0 Å². The lowest BCUT2D eigenvalue weighted by atomic mass is 10.2. The van der Waals surface area contributed by atoms with Crippen molar-refractivity contribution in [2.75, 3.05) is 25.0 Å². The van der Waals surface area contributed by atoms with Crippen LogP contribution in [0.4, 0.5) is 5.69 Å². The molecular formula is C19H24N2O6S. The second-order valence-corrected chi connectivity index (χ2v) is 8.02. The lowest BCUT2D eigenvalue weighted by molar-refractivity contribution is -0.119. The Kier molecular flexibility index (Phi) is 6.98. The second kappa shape index (κ2) is 9.03. The van der Waals surface area contributed by atoms with Gasteiger partial charge in [0.2, 0.25) is 10.0 Å². The molecule has 0 aliphatic heterocycles. The third kappa shape index (κ3) is 4.79. The molecule has 0 atom stereocenters. The molecule has 0 bridgehead atoms. The Hall–Kier alpha value is -2.65. The number of hydrogen-bond acceptors (Lipinski definition) is 6. The van der Waals surface area contributed by atoms with Gasteiger partial charge in [-0.05, 0) is 37.6 Å². The molecule has 1 aromatic carbocycles. The van der Waals surface area contributed by atoms with Crippen LogP contribution in [0.5, 0.6) is 0 Å². The van der Waals surface area contributed by atoms with Crippen molar-refractivity contribution in [3.63, 3.8) is 0 Å². The number of sulfonamides is 1. The number of nitrogens with one attached hydrogen (secondary N) is 1. The molecular weight excluding hydrogens is 384 g/mol. The number of ether oxygens (including phenoxy) is 1. The number of benzene rings is 1. The number of carbonyl (C=O) groups is 2. The Morgan fingerprint density at radius 2 is 1.82 bits per heavy atom. The average Bonchev–Trinajstić information content (AvgIpc) is 3.08. The SMILES string of the molecule is CCN(CC)S(=O)(=O)c1ccc(C)c(NC(=O)COC(=O)c2ccoc2C)c1. The van der Waals surface area contributed by atoms with E-state index in [0.717, 1.165) is 0 Å². The predicted octanol–water partition coefficient (Wildman–Crippen LogP) is 2.72. The fraction of sp³-hybridized carbons (Fsp3) is 0.368. The van der Waals surface area contributed by atoms with E-state index in [1.165, 1.54) is 28.8 Å². The smallest absolute Gasteiger partial charge is 0.342 e. The minimum absolute atomic E-state index is 0.0862. The van der Waals surface area contributed by atoms with Gasteiger partial charge in [-0.25, -0.2) is 13.2 Å². The molecule has 28 heavy (non-hydrogen) atoms. The molecule has 0 aliphatic rings. The van der Waals surface area contributed by atoms with Crippen molar-refractivity contribution in [2.45, 2.75) is 32.6 Å². The first-order valence-corrected chi connectivity index (χ1v) is 10.3. The van der Waals surface area contributed by atoms with Crippen molar-refractivity contribution in [3.05, 3.63) is 47.4 Å². The number of anilines is 1. The summed E-state index contributed by atoms with van der Waals surface area (Å²) in [5.74, 6) is -0.846. The minimum Gasteiger partial charge on any atom is -0.469 e. The number of furan rings is 1. The van der Waals surface area contributed by atoms with Gasteiger partial charge in [0.1, 0.15) is 11.3 Å². The summed E-state index contributed by atoms with van der Waals surface area (Å²) in [5, 5.41) is 2.59. The van der Waals surface area contributed by atoms with Crippen LogP contribution >= 0.6 is 0 Å². The van der Waals surface area contributed by atoms with Crippen molar-refractivity contribution < 1.29 is 27.2 Å². The van der Waals surface area contributed by atoms with E-state index in [-0.39, 0.29) is 10.5 Å². The van der Waals surface area contributed by atoms with Crippen molar-refractivity contribution in [1.29, 1.82) is 0 Å². The fourth-order valence-electron chi connectivity index (χ4n) is 2.60. The molecule has 0 spiro atoms. The van der Waals surface area contributed by atoms with Crippen LogP contribution in [0.15, 0.2) is 39.8 Å². The number of aryl methyl sites for hydroxylation is 2. The molecule has 2 aromatic rings. The van der Waals surface area contributed by atoms with Crippen LogP contribution in [0.3, 0.4) is 0 Å². The number of esters is 1. The van der Waals surface area contributed by atoms with E-state index in [0.29, 0.717) is 30.1 Å². The van der Waals surface area contributed by atoms with Gasteiger partial charge in [-0.3, -0.25) is 4.79 Å². The molecule has 2 rings (SSSR count). The van der Waals surface area contributed by atoms with Crippen LogP contribution in [-0.2, 0) is 19.6 Å². The quantitative estimate of drug-likeness (QED) is 0.673. The summed E-state index contributed by atoms with van der Waals surface area (Å²) in [6, 6.07) is 5.98. The molecule has 9 heteroatoms. The molecule has 0 saturated heterocycles. The van der Waals surface area contributed by atoms with Crippen molar-refractivity contribution in [2.24, 2.45) is 0 Å². The van der Waals surface area contributed by atoms with E-state index in [9.17, 15) is 18.0 Å². The minimum atomic E-state index is -3.65. The summed E-state index contributed by atoms with van der Waals surface area (Å²) in [6.07, 6.45) is 1.36. The summed E-state index contributed by atoms with van der Waals surface area (Å²) in [6.45, 7) is 7.06. The van der Waals surface area contributed by atoms with Crippen LogP contribution in [0, 0.1) is 13.8 Å². The lowest BCUT2D eigenvalue weighted by Crippen LogP contribution is -2.30. The van der Waals surface area contributed by atoms with E-state index in [1.807, 2.05) is 0 Å². The number of carbonyl (C=O) groups excluding carboxylic acids is 2. The van der Waals surface area contributed by atoms with Gasteiger partial charge in [0.05, 0.1) is 11.2 Å². The van der Waals surface area contributed by atoms with Gasteiger partial charge in [0.15, 0.2) is 6.61 Å². The lowest BCUT2D eigenvalue weighted by Gasteiger charge is -2.19. The van der Waals surface area contributed by atoms with Gasteiger partial charge in [0.25, 0.3) is 5.91 Å². The maximum Gasteiger partial charge on any atom is 0.342 e. The number of hydrogen-bond donors (Lipinski definition) is 1. The van der Waals surface area contributed by atoms with E-state index >= 15 is 0 Å². The molecule has 1 aromatic heterocycles. The van der Waals surface area contributed by atoms with Gasteiger partial charge in [-0.2, -0.15) is 4.31 Å². The topological polar surface area (TPSA) is 106 Å². The van der Waals surface area contributed by atoms with Crippen LogP contribution < -0.4 is 5.32 Å². The van der Waals surface area contributed by atoms with Crippen LogP contribution in [0.1, 0.15) is 35.5 Å². The Labute approximate surface area is 164 Å². The summed E-state index contributed by atoms with van der Waals surface area (Å²) < 4.78 is 36.6. The highest BCUT2D eigenvalue weighted by Crippen LogP contribution is 2.23. The van der Waals surface area contributed by atoms with Crippen LogP contribution in [-0.4, -0.2) is 44.3 Å². The fourth-order valence-corrected chi connectivity index (χ4v) is 4.09. The Bertz CT molecular complexity index is 961. The summed E-state index contributed by atoms with van der Waals surface area (Å²) >= 11 is 0. The highest BCUT2D eigenvalue weighted by molar-refractivity contribution is 7.89. The predicted molar refractivity (Wildman–Crippen MR) is 104 cm³/mol. The summed E-state index contributed by atoms with van der Waals surface area (Å²) in [5.41, 5.74) is 1.27. The van der Waals surface area contributed by atoms with Gasteiger partial charge < -0.3 is 14.5 Å². The maximum atomic E-state index is 12.7. The molecule has 1 N–H and O–H groups in total. The van der Waals surface area contributed by atoms with Crippen molar-refractivity contribution in [1.82, 2.24) is 4.31 Å². The Morgan fingerprint density at radius 3 is 2.39 bits per heavy atom. The third-order valence-corrected chi connectivity index (χ3v) is 6.29. The Morgan fingerprint density at radius 1 is 1.14 bits per heavy atom. The van der Waals surface area contributed by atoms with Crippen LogP contribution in [0.2, 0.25) is 0 Å². The number of rotatable bonds is 8. The largest absolute Gasteiger partial charge is 0.469 e. The first-order valence-electron chi connectivity index (χ1n) is 8.82. The molecule has 0 aliphatic carbocycles. The van der Waals surface area contributed by atoms with E-state index in [2.05, 4.69) is 5.32 Å². The normalized spacial score (nSPS) is 11.5. The third-order valence-electron chi connectivity index (χ3n) is 4.24. The molecule has 0 fully saturated rings. The van der Waals surface area contributed by atoms with Gasteiger partial charge in [-0.1, -0.05) is 19.9 Å². The average molecular weight is 408 g/mol. The van der Waals surface area contributed by atoms with Gasteiger partial charge in [-0.15, -0.1) is 0 Å². The molecule has 8 nitrogen and oxygen atoms in total. The summed E-state index contributed by atoms with van der Waals surface area (Å²) in [4.78, 5) is 24.2. The van der Waals surface area contributed by atoms with Crippen molar-refractivity contribution in [3.8, 4) is 0 Å². The van der Waals surface area contributed by atoms with E-state index in [4.69, 9.17) is 9.15 Å². The summed E-state index contributed by atoms with van der Waals surface area (Å²) in [7, 11) is -3.65. The Balaban J connectivity index is 2.10. The molecule has 0 radical (unpaired) electrons. The zero-order valence-corrected chi connectivity index (χ0v) is 17.1. The monoisotopic (exact) mass is 408 g/mol. The molecule has 0 unspecified atom stereocenters. The maximum absolute atomic E-state index is 12.7. The van der Waals surface area contributed by atoms with Gasteiger partial charge >= 0.3 is 5.97 Å². The van der Waals surface area contributed by atoms with E-state index < -0.39 is 28.5 Å². The van der Waals surface area contributed by atoms with Crippen molar-refractivity contribution >= 4 is 27.6 Å². The molecule has 1 heterocycles. The zero-order valence-electron chi connectivity index (χ0n) is 16.3. The molecule has 0 saturated carbocycles. The zero-order chi connectivity index (χ0) is 20.9. The first kappa shape index (κ1) is 21.6. The van der Waals surface area contributed by atoms with E-state index in [1.54, 1.807) is 33.8 Å². The highest BCUT2D eigenvalue weighted by Gasteiger charge is 2.22. The second-order valence-electron chi connectivity index (χ2n) is 6.08. The highest BCUT2D eigenvalue weighted by atomic mass is 32.2. The van der Waals surface area contributed by atoms with Gasteiger partial charge in [0, 0.05) is 18.8 Å². The number of nitrogens with zero attached hydrogens (tertiary/aromatic N) is 1.